The van der Waals surface area contributed by atoms with Crippen molar-refractivity contribution in [3.63, 3.8) is 0 Å². The molecular formula is C21H20N4O2. The number of nitrogens with zero attached hydrogens (tertiary/aromatic N) is 2. The van der Waals surface area contributed by atoms with E-state index in [2.05, 4.69) is 20.6 Å². The second-order valence-corrected chi connectivity index (χ2v) is 6.30. The molecule has 2 heterocycles. The average Bonchev–Trinajstić information content (AvgIpc) is 2.66. The van der Waals surface area contributed by atoms with Crippen molar-refractivity contribution in [3.05, 3.63) is 89.0 Å². The van der Waals surface area contributed by atoms with Crippen molar-refractivity contribution < 1.29 is 9.59 Å². The quantitative estimate of drug-likeness (QED) is 0.731. The van der Waals surface area contributed by atoms with Gasteiger partial charge in [-0.3, -0.25) is 19.6 Å². The molecule has 0 fully saturated rings. The van der Waals surface area contributed by atoms with Gasteiger partial charge in [0.15, 0.2) is 0 Å². The molecule has 0 radical (unpaired) electrons. The van der Waals surface area contributed by atoms with Gasteiger partial charge in [-0.05, 0) is 66.9 Å². The first-order valence-electron chi connectivity index (χ1n) is 8.54. The van der Waals surface area contributed by atoms with Crippen molar-refractivity contribution in [1.29, 1.82) is 0 Å². The number of hydrogen-bond donors (Lipinski definition) is 2. The average molecular weight is 360 g/mol. The normalized spacial score (nSPS) is 10.3. The van der Waals surface area contributed by atoms with Crippen LogP contribution in [0, 0.1) is 13.8 Å². The predicted octanol–water partition coefficient (Wildman–Crippen LogP) is 3.28. The number of hydrogen-bond acceptors (Lipinski definition) is 4. The number of amides is 2. The van der Waals surface area contributed by atoms with E-state index >= 15 is 0 Å². The van der Waals surface area contributed by atoms with Gasteiger partial charge in [-0.2, -0.15) is 0 Å². The summed E-state index contributed by atoms with van der Waals surface area (Å²) in [5.74, 6) is -0.626. The Kier molecular flexibility index (Phi) is 5.56. The molecule has 0 aliphatic carbocycles. The molecule has 0 bridgehead atoms. The molecule has 0 aliphatic rings. The van der Waals surface area contributed by atoms with Crippen molar-refractivity contribution >= 4 is 17.5 Å². The van der Waals surface area contributed by atoms with Gasteiger partial charge < -0.3 is 10.6 Å². The van der Waals surface area contributed by atoms with Crippen molar-refractivity contribution in [2.75, 3.05) is 5.32 Å². The third-order valence-electron chi connectivity index (χ3n) is 3.94. The van der Waals surface area contributed by atoms with Crippen molar-refractivity contribution in [3.8, 4) is 0 Å². The van der Waals surface area contributed by atoms with Gasteiger partial charge >= 0.3 is 0 Å². The van der Waals surface area contributed by atoms with Gasteiger partial charge in [-0.1, -0.05) is 6.07 Å². The Morgan fingerprint density at radius 1 is 0.889 bits per heavy atom. The summed E-state index contributed by atoms with van der Waals surface area (Å²) in [6.45, 7) is 4.32. The summed E-state index contributed by atoms with van der Waals surface area (Å²) in [6, 6.07) is 12.5. The zero-order chi connectivity index (χ0) is 19.2. The second-order valence-electron chi connectivity index (χ2n) is 6.30. The summed E-state index contributed by atoms with van der Waals surface area (Å²) in [5, 5.41) is 5.64. The number of nitrogens with one attached hydrogen (secondary N) is 2. The smallest absolute Gasteiger partial charge is 0.274 e. The number of anilines is 1. The fourth-order valence-electron chi connectivity index (χ4n) is 2.72. The van der Waals surface area contributed by atoms with Gasteiger partial charge in [0.25, 0.3) is 11.8 Å². The summed E-state index contributed by atoms with van der Waals surface area (Å²) in [6.07, 6.45) is 4.80. The number of rotatable bonds is 5. The van der Waals surface area contributed by atoms with E-state index in [1.165, 1.54) is 12.3 Å². The first kappa shape index (κ1) is 18.3. The number of aryl methyl sites for hydroxylation is 2. The Morgan fingerprint density at radius 2 is 1.59 bits per heavy atom. The van der Waals surface area contributed by atoms with Crippen LogP contribution in [0.5, 0.6) is 0 Å². The van der Waals surface area contributed by atoms with Gasteiger partial charge in [0.2, 0.25) is 0 Å². The first-order chi connectivity index (χ1) is 13.0. The van der Waals surface area contributed by atoms with Gasteiger partial charge in [0, 0.05) is 36.4 Å². The number of carbonyl (C=O) groups is 2. The van der Waals surface area contributed by atoms with Crippen LogP contribution >= 0.6 is 0 Å². The minimum atomic E-state index is -0.358. The number of aromatic nitrogens is 2. The van der Waals surface area contributed by atoms with Crippen LogP contribution in [0.15, 0.2) is 61.1 Å². The van der Waals surface area contributed by atoms with Crippen molar-refractivity contribution in [1.82, 2.24) is 15.3 Å². The SMILES string of the molecule is Cc1cc(C)cc(NC(=O)c2cc(C(=O)NCc3ccncc3)ccn2)c1. The largest absolute Gasteiger partial charge is 0.348 e. The molecule has 6 heteroatoms. The zero-order valence-corrected chi connectivity index (χ0v) is 15.2. The van der Waals surface area contributed by atoms with E-state index < -0.39 is 0 Å². The standard InChI is InChI=1S/C21H20N4O2/c1-14-9-15(2)11-18(10-14)25-21(27)19-12-17(5-8-23-19)20(26)24-13-16-3-6-22-7-4-16/h3-12H,13H2,1-2H3,(H,24,26)(H,25,27). The lowest BCUT2D eigenvalue weighted by molar-refractivity contribution is 0.0950. The van der Waals surface area contributed by atoms with E-state index in [-0.39, 0.29) is 17.5 Å². The molecule has 27 heavy (non-hydrogen) atoms. The Balaban J connectivity index is 1.68. The van der Waals surface area contributed by atoms with Crippen molar-refractivity contribution in [2.24, 2.45) is 0 Å². The highest BCUT2D eigenvalue weighted by atomic mass is 16.2. The molecule has 2 amide bonds. The van der Waals surface area contributed by atoms with E-state index in [0.29, 0.717) is 17.8 Å². The summed E-state index contributed by atoms with van der Waals surface area (Å²) < 4.78 is 0. The van der Waals surface area contributed by atoms with Crippen LogP contribution in [0.1, 0.15) is 37.5 Å². The maximum absolute atomic E-state index is 12.5. The Bertz CT molecular complexity index is 951. The molecule has 0 saturated carbocycles. The maximum Gasteiger partial charge on any atom is 0.274 e. The van der Waals surface area contributed by atoms with Crippen LogP contribution in [0.2, 0.25) is 0 Å². The van der Waals surface area contributed by atoms with Gasteiger partial charge in [-0.25, -0.2) is 0 Å². The molecule has 2 aromatic heterocycles. The molecule has 0 spiro atoms. The number of benzene rings is 1. The minimum Gasteiger partial charge on any atom is -0.348 e. The first-order valence-corrected chi connectivity index (χ1v) is 8.54. The highest BCUT2D eigenvalue weighted by Crippen LogP contribution is 2.15. The van der Waals surface area contributed by atoms with Gasteiger partial charge in [-0.15, -0.1) is 0 Å². The molecule has 1 aromatic carbocycles. The Labute approximate surface area is 157 Å². The summed E-state index contributed by atoms with van der Waals surface area (Å²) >= 11 is 0. The van der Waals surface area contributed by atoms with E-state index in [9.17, 15) is 9.59 Å². The Hall–Kier alpha value is -3.54. The molecule has 0 unspecified atom stereocenters. The van der Waals surface area contributed by atoms with Gasteiger partial charge in [0.05, 0.1) is 0 Å². The van der Waals surface area contributed by atoms with Crippen LogP contribution in [-0.2, 0) is 6.54 Å². The van der Waals surface area contributed by atoms with E-state index in [4.69, 9.17) is 0 Å². The minimum absolute atomic E-state index is 0.186. The summed E-state index contributed by atoms with van der Waals surface area (Å²) in [4.78, 5) is 32.9. The monoisotopic (exact) mass is 360 g/mol. The van der Waals surface area contributed by atoms with Gasteiger partial charge in [0.1, 0.15) is 5.69 Å². The highest BCUT2D eigenvalue weighted by Gasteiger charge is 2.12. The molecule has 3 rings (SSSR count). The molecule has 3 aromatic rings. The topological polar surface area (TPSA) is 84.0 Å². The molecule has 6 nitrogen and oxygen atoms in total. The molecule has 0 saturated heterocycles. The molecule has 0 aliphatic heterocycles. The molecule has 0 atom stereocenters. The lowest BCUT2D eigenvalue weighted by Crippen LogP contribution is -2.23. The van der Waals surface area contributed by atoms with E-state index in [0.717, 1.165) is 16.7 Å². The lowest BCUT2D eigenvalue weighted by atomic mass is 10.1. The third-order valence-corrected chi connectivity index (χ3v) is 3.94. The van der Waals surface area contributed by atoms with Crippen molar-refractivity contribution in [2.45, 2.75) is 20.4 Å². The van der Waals surface area contributed by atoms with E-state index in [1.54, 1.807) is 18.5 Å². The maximum atomic E-state index is 12.5. The lowest BCUT2D eigenvalue weighted by Gasteiger charge is -2.09. The van der Waals surface area contributed by atoms with Crippen LogP contribution in [0.25, 0.3) is 0 Å². The molecular weight excluding hydrogens is 340 g/mol. The highest BCUT2D eigenvalue weighted by molar-refractivity contribution is 6.04. The third kappa shape index (κ3) is 4.98. The Morgan fingerprint density at radius 3 is 2.30 bits per heavy atom. The fourth-order valence-corrected chi connectivity index (χ4v) is 2.72. The number of carbonyl (C=O) groups excluding carboxylic acids is 2. The summed E-state index contributed by atoms with van der Waals surface area (Å²) in [7, 11) is 0. The van der Waals surface area contributed by atoms with E-state index in [1.807, 2.05) is 44.2 Å². The second kappa shape index (κ2) is 8.23. The van der Waals surface area contributed by atoms with Crippen LogP contribution < -0.4 is 10.6 Å². The van der Waals surface area contributed by atoms with Crippen LogP contribution in [0.4, 0.5) is 5.69 Å². The zero-order valence-electron chi connectivity index (χ0n) is 15.2. The van der Waals surface area contributed by atoms with Crippen LogP contribution in [0.3, 0.4) is 0 Å². The molecule has 2 N–H and O–H groups in total. The predicted molar refractivity (Wildman–Crippen MR) is 104 cm³/mol. The number of pyridine rings is 2. The summed E-state index contributed by atoms with van der Waals surface area (Å²) in [5.41, 5.74) is 4.33. The van der Waals surface area contributed by atoms with Crippen LogP contribution in [-0.4, -0.2) is 21.8 Å². The fraction of sp³-hybridized carbons (Fsp3) is 0.143. The molecule has 136 valence electrons.